The van der Waals surface area contributed by atoms with Crippen LogP contribution in [0.5, 0.6) is 0 Å². The smallest absolute Gasteiger partial charge is 0.245 e. The molecule has 3 atom stereocenters. The van der Waals surface area contributed by atoms with Gasteiger partial charge in [-0.1, -0.05) is 13.8 Å². The first-order valence-corrected chi connectivity index (χ1v) is 8.41. The van der Waals surface area contributed by atoms with E-state index in [1.807, 2.05) is 24.2 Å². The maximum absolute atomic E-state index is 12.8. The molecular weight excluding hydrogens is 292 g/mol. The fourth-order valence-corrected chi connectivity index (χ4v) is 3.81. The molecule has 2 fully saturated rings. The van der Waals surface area contributed by atoms with Crippen LogP contribution in [0.2, 0.25) is 0 Å². The van der Waals surface area contributed by atoms with Gasteiger partial charge in [-0.3, -0.25) is 14.4 Å². The van der Waals surface area contributed by atoms with Crippen LogP contribution >= 0.6 is 0 Å². The minimum absolute atomic E-state index is 0.00923. The highest BCUT2D eigenvalue weighted by molar-refractivity contribution is 5.97. The van der Waals surface area contributed by atoms with E-state index in [-0.39, 0.29) is 23.0 Å². The molecular formula is C17H28N4O2. The summed E-state index contributed by atoms with van der Waals surface area (Å²) in [6.07, 6.45) is 4.69. The second-order valence-electron chi connectivity index (χ2n) is 7.61. The average Bonchev–Trinajstić information content (AvgIpc) is 2.94. The highest BCUT2D eigenvalue weighted by Crippen LogP contribution is 2.51. The van der Waals surface area contributed by atoms with Crippen LogP contribution in [-0.2, 0) is 16.6 Å². The highest BCUT2D eigenvalue weighted by Gasteiger charge is 2.58. The fourth-order valence-electron chi connectivity index (χ4n) is 3.81. The van der Waals surface area contributed by atoms with Crippen molar-refractivity contribution in [1.29, 1.82) is 0 Å². The predicted molar refractivity (Wildman–Crippen MR) is 89.3 cm³/mol. The van der Waals surface area contributed by atoms with Crippen LogP contribution < -0.4 is 10.2 Å². The first kappa shape index (κ1) is 16.5. The van der Waals surface area contributed by atoms with Crippen LogP contribution in [0.3, 0.4) is 0 Å². The normalized spacial score (nSPS) is 33.6. The summed E-state index contributed by atoms with van der Waals surface area (Å²) >= 11 is 0. The van der Waals surface area contributed by atoms with Crippen molar-refractivity contribution in [3.63, 3.8) is 0 Å². The van der Waals surface area contributed by atoms with Crippen molar-refractivity contribution < 1.29 is 9.53 Å². The molecule has 0 radical (unpaired) electrons. The van der Waals surface area contributed by atoms with Crippen molar-refractivity contribution in [2.45, 2.75) is 57.7 Å². The molecule has 0 aromatic carbocycles. The van der Waals surface area contributed by atoms with E-state index in [1.165, 1.54) is 0 Å². The third-order valence-corrected chi connectivity index (χ3v) is 6.10. The van der Waals surface area contributed by atoms with E-state index in [9.17, 15) is 4.79 Å². The lowest BCUT2D eigenvalue weighted by Crippen LogP contribution is -2.70. The molecule has 1 saturated carbocycles. The van der Waals surface area contributed by atoms with Crippen LogP contribution in [-0.4, -0.2) is 47.0 Å². The van der Waals surface area contributed by atoms with Gasteiger partial charge in [0, 0.05) is 44.4 Å². The molecule has 1 aromatic heterocycles. The molecule has 1 amide bonds. The molecule has 1 aromatic rings. The Balaban J connectivity index is 1.68. The standard InChI is InChI=1S/C17H28N4O2/c1-16(2)13(11-17(16,3)23-5)18-12-7-6-9-21(15(12)22)14-8-10-20(4)19-14/h8,10,12-13,18H,6-7,9,11H2,1-5H3. The number of aryl methyl sites for hydroxylation is 1. The van der Waals surface area contributed by atoms with Gasteiger partial charge in [-0.25, -0.2) is 0 Å². The Labute approximate surface area is 138 Å². The van der Waals surface area contributed by atoms with E-state index in [4.69, 9.17) is 4.74 Å². The number of piperidine rings is 1. The number of aromatic nitrogens is 2. The van der Waals surface area contributed by atoms with Gasteiger partial charge in [-0.15, -0.1) is 0 Å². The third-order valence-electron chi connectivity index (χ3n) is 6.10. The van der Waals surface area contributed by atoms with E-state index in [1.54, 1.807) is 11.8 Å². The van der Waals surface area contributed by atoms with Gasteiger partial charge < -0.3 is 10.1 Å². The maximum atomic E-state index is 12.8. The van der Waals surface area contributed by atoms with Crippen molar-refractivity contribution >= 4 is 11.7 Å². The molecule has 128 valence electrons. The number of rotatable bonds is 4. The Morgan fingerprint density at radius 3 is 2.70 bits per heavy atom. The van der Waals surface area contributed by atoms with E-state index in [0.717, 1.165) is 31.6 Å². The van der Waals surface area contributed by atoms with Gasteiger partial charge in [0.15, 0.2) is 5.82 Å². The number of anilines is 1. The molecule has 0 bridgehead atoms. The van der Waals surface area contributed by atoms with E-state index in [0.29, 0.717) is 6.04 Å². The number of hydrogen-bond donors (Lipinski definition) is 1. The molecule has 23 heavy (non-hydrogen) atoms. The zero-order valence-electron chi connectivity index (χ0n) is 14.8. The van der Waals surface area contributed by atoms with Crippen molar-refractivity contribution in [1.82, 2.24) is 15.1 Å². The lowest BCUT2D eigenvalue weighted by Gasteiger charge is -2.60. The van der Waals surface area contributed by atoms with Crippen LogP contribution in [0, 0.1) is 5.41 Å². The van der Waals surface area contributed by atoms with Crippen molar-refractivity contribution in [3.8, 4) is 0 Å². The Morgan fingerprint density at radius 2 is 2.13 bits per heavy atom. The fraction of sp³-hybridized carbons (Fsp3) is 0.765. The third kappa shape index (κ3) is 2.58. The SMILES string of the molecule is COC1(C)CC(NC2CCCN(c3ccn(C)n3)C2=O)C1(C)C. The maximum Gasteiger partial charge on any atom is 0.245 e. The molecule has 1 saturated heterocycles. The van der Waals surface area contributed by atoms with Gasteiger partial charge in [0.2, 0.25) is 5.91 Å². The van der Waals surface area contributed by atoms with Crippen molar-refractivity contribution in [2.24, 2.45) is 12.5 Å². The summed E-state index contributed by atoms with van der Waals surface area (Å²) in [4.78, 5) is 14.6. The molecule has 1 N–H and O–H groups in total. The molecule has 2 heterocycles. The number of ether oxygens (including phenoxy) is 1. The Bertz CT molecular complexity index is 597. The van der Waals surface area contributed by atoms with Gasteiger partial charge in [-0.05, 0) is 26.2 Å². The largest absolute Gasteiger partial charge is 0.378 e. The summed E-state index contributed by atoms with van der Waals surface area (Å²) in [7, 11) is 3.64. The first-order chi connectivity index (χ1) is 10.8. The minimum Gasteiger partial charge on any atom is -0.378 e. The summed E-state index contributed by atoms with van der Waals surface area (Å²) in [6, 6.07) is 2.07. The van der Waals surface area contributed by atoms with E-state index < -0.39 is 0 Å². The van der Waals surface area contributed by atoms with Crippen molar-refractivity contribution in [2.75, 3.05) is 18.6 Å². The van der Waals surface area contributed by atoms with E-state index >= 15 is 0 Å². The zero-order chi connectivity index (χ0) is 16.8. The summed E-state index contributed by atoms with van der Waals surface area (Å²) in [5, 5.41) is 7.96. The quantitative estimate of drug-likeness (QED) is 0.917. The summed E-state index contributed by atoms with van der Waals surface area (Å²) in [5.74, 6) is 0.885. The van der Waals surface area contributed by atoms with Crippen LogP contribution in [0.4, 0.5) is 5.82 Å². The zero-order valence-corrected chi connectivity index (χ0v) is 14.8. The number of amides is 1. The summed E-state index contributed by atoms with van der Waals surface area (Å²) in [5.41, 5.74) is -0.113. The Kier molecular flexibility index (Phi) is 4.01. The van der Waals surface area contributed by atoms with E-state index in [2.05, 4.69) is 31.2 Å². The first-order valence-electron chi connectivity index (χ1n) is 8.41. The van der Waals surface area contributed by atoms with Gasteiger partial charge in [0.25, 0.3) is 0 Å². The summed E-state index contributed by atoms with van der Waals surface area (Å²) < 4.78 is 7.42. The number of carbonyl (C=O) groups excluding carboxylic acids is 1. The van der Waals surface area contributed by atoms with Crippen molar-refractivity contribution in [3.05, 3.63) is 12.3 Å². The van der Waals surface area contributed by atoms with Gasteiger partial charge in [0.05, 0.1) is 11.6 Å². The predicted octanol–water partition coefficient (Wildman–Crippen LogP) is 1.71. The molecule has 3 unspecified atom stereocenters. The average molecular weight is 320 g/mol. The molecule has 2 aliphatic rings. The molecule has 6 nitrogen and oxygen atoms in total. The van der Waals surface area contributed by atoms with Crippen LogP contribution in [0.15, 0.2) is 12.3 Å². The molecule has 0 spiro atoms. The second kappa shape index (κ2) is 5.60. The minimum atomic E-state index is -0.128. The monoisotopic (exact) mass is 320 g/mol. The lowest BCUT2D eigenvalue weighted by atomic mass is 9.55. The molecule has 3 rings (SSSR count). The number of nitrogens with zero attached hydrogens (tertiary/aromatic N) is 3. The summed E-state index contributed by atoms with van der Waals surface area (Å²) in [6.45, 7) is 7.31. The highest BCUT2D eigenvalue weighted by atomic mass is 16.5. The second-order valence-corrected chi connectivity index (χ2v) is 7.61. The van der Waals surface area contributed by atoms with Crippen LogP contribution in [0.25, 0.3) is 0 Å². The molecule has 1 aliphatic carbocycles. The number of nitrogens with one attached hydrogen (secondary N) is 1. The molecule has 1 aliphatic heterocycles. The van der Waals surface area contributed by atoms with Gasteiger partial charge in [-0.2, -0.15) is 5.10 Å². The lowest BCUT2D eigenvalue weighted by molar-refractivity contribution is -0.183. The number of carbonyl (C=O) groups is 1. The topological polar surface area (TPSA) is 59.4 Å². The van der Waals surface area contributed by atoms with Gasteiger partial charge >= 0.3 is 0 Å². The Morgan fingerprint density at radius 1 is 1.39 bits per heavy atom. The van der Waals surface area contributed by atoms with Gasteiger partial charge in [0.1, 0.15) is 0 Å². The molecule has 6 heteroatoms. The van der Waals surface area contributed by atoms with Crippen LogP contribution in [0.1, 0.15) is 40.0 Å². The Hall–Kier alpha value is -1.40. The number of methoxy groups -OCH3 is 1. The number of hydrogen-bond acceptors (Lipinski definition) is 4.